The van der Waals surface area contributed by atoms with Crippen molar-refractivity contribution >= 4 is 16.8 Å². The van der Waals surface area contributed by atoms with E-state index in [0.717, 1.165) is 6.42 Å². The number of nitrogens with zero attached hydrogens (tertiary/aromatic N) is 3. The molecule has 0 aliphatic heterocycles. The Bertz CT molecular complexity index is 652. The van der Waals surface area contributed by atoms with Crippen LogP contribution < -0.4 is 16.6 Å². The van der Waals surface area contributed by atoms with Crippen LogP contribution in [0.2, 0.25) is 0 Å². The van der Waals surface area contributed by atoms with Crippen molar-refractivity contribution in [3.8, 4) is 0 Å². The minimum atomic E-state index is -0.231. The van der Waals surface area contributed by atoms with Gasteiger partial charge < -0.3 is 11.1 Å². The molecule has 20 heavy (non-hydrogen) atoms. The van der Waals surface area contributed by atoms with Gasteiger partial charge in [0, 0.05) is 13.0 Å². The van der Waals surface area contributed by atoms with Gasteiger partial charge in [-0.15, -0.1) is 5.10 Å². The van der Waals surface area contributed by atoms with Gasteiger partial charge in [-0.25, -0.2) is 4.68 Å². The van der Waals surface area contributed by atoms with E-state index in [1.165, 1.54) is 4.68 Å². The summed E-state index contributed by atoms with van der Waals surface area (Å²) in [6.45, 7) is 1.30. The third-order valence-corrected chi connectivity index (χ3v) is 2.88. The second-order valence-electron chi connectivity index (χ2n) is 4.38. The molecule has 7 nitrogen and oxygen atoms in total. The summed E-state index contributed by atoms with van der Waals surface area (Å²) in [6, 6.07) is 7.00. The summed E-state index contributed by atoms with van der Waals surface area (Å²) >= 11 is 0. The molecule has 1 aromatic carbocycles. The highest BCUT2D eigenvalue weighted by atomic mass is 16.2. The van der Waals surface area contributed by atoms with Gasteiger partial charge in [0.05, 0.1) is 11.9 Å². The van der Waals surface area contributed by atoms with Gasteiger partial charge in [-0.2, -0.15) is 0 Å². The third-order valence-electron chi connectivity index (χ3n) is 2.88. The van der Waals surface area contributed by atoms with Crippen molar-refractivity contribution in [2.45, 2.75) is 19.4 Å². The molecule has 0 atom stereocenters. The fraction of sp³-hybridized carbons (Fsp3) is 0.385. The van der Waals surface area contributed by atoms with Crippen LogP contribution in [0.15, 0.2) is 29.1 Å². The zero-order valence-electron chi connectivity index (χ0n) is 11.1. The van der Waals surface area contributed by atoms with Crippen LogP contribution in [0.4, 0.5) is 0 Å². The highest BCUT2D eigenvalue weighted by Gasteiger charge is 2.07. The molecule has 0 aliphatic carbocycles. The van der Waals surface area contributed by atoms with Gasteiger partial charge in [-0.1, -0.05) is 17.3 Å². The molecule has 3 N–H and O–H groups in total. The summed E-state index contributed by atoms with van der Waals surface area (Å²) in [6.07, 6.45) is 0.930. The lowest BCUT2D eigenvalue weighted by atomic mass is 10.2. The smallest absolute Gasteiger partial charge is 0.277 e. The summed E-state index contributed by atoms with van der Waals surface area (Å²) < 4.78 is 1.21. The number of aryl methyl sites for hydroxylation is 1. The molecule has 7 heteroatoms. The Morgan fingerprint density at radius 2 is 2.15 bits per heavy atom. The van der Waals surface area contributed by atoms with Crippen LogP contribution in [0.5, 0.6) is 0 Å². The maximum absolute atomic E-state index is 12.1. The predicted molar refractivity (Wildman–Crippen MR) is 75.1 cm³/mol. The van der Waals surface area contributed by atoms with Crippen LogP contribution in [0, 0.1) is 0 Å². The standard InChI is InChI=1S/C13H17N5O2/c14-7-3-8-15-12(19)6-9-18-13(20)10-4-1-2-5-11(10)16-17-18/h1-2,4-5H,3,6-9,14H2,(H,15,19). The largest absolute Gasteiger partial charge is 0.356 e. The number of hydrogen-bond acceptors (Lipinski definition) is 5. The van der Waals surface area contributed by atoms with E-state index < -0.39 is 0 Å². The Labute approximate surface area is 115 Å². The first kappa shape index (κ1) is 14.1. The Morgan fingerprint density at radius 3 is 2.95 bits per heavy atom. The van der Waals surface area contributed by atoms with Crippen molar-refractivity contribution in [2.24, 2.45) is 5.73 Å². The molecule has 106 valence electrons. The minimum absolute atomic E-state index is 0.125. The Hall–Kier alpha value is -2.28. The van der Waals surface area contributed by atoms with Gasteiger partial charge in [-0.05, 0) is 25.1 Å². The second-order valence-corrected chi connectivity index (χ2v) is 4.38. The van der Waals surface area contributed by atoms with E-state index >= 15 is 0 Å². The first-order valence-corrected chi connectivity index (χ1v) is 6.51. The quantitative estimate of drug-likeness (QED) is 0.701. The minimum Gasteiger partial charge on any atom is -0.356 e. The fourth-order valence-electron chi connectivity index (χ4n) is 1.80. The van der Waals surface area contributed by atoms with E-state index in [-0.39, 0.29) is 24.4 Å². The van der Waals surface area contributed by atoms with Crippen LogP contribution in [0.1, 0.15) is 12.8 Å². The summed E-state index contributed by atoms with van der Waals surface area (Å²) in [4.78, 5) is 23.7. The number of carbonyl (C=O) groups is 1. The first-order chi connectivity index (χ1) is 9.72. The highest BCUT2D eigenvalue weighted by molar-refractivity contribution is 5.77. The molecule has 1 heterocycles. The van der Waals surface area contributed by atoms with E-state index in [9.17, 15) is 9.59 Å². The van der Waals surface area contributed by atoms with Crippen LogP contribution >= 0.6 is 0 Å². The van der Waals surface area contributed by atoms with Gasteiger partial charge in [0.15, 0.2) is 0 Å². The van der Waals surface area contributed by atoms with Crippen LogP contribution in [0.3, 0.4) is 0 Å². The van der Waals surface area contributed by atoms with Gasteiger partial charge in [0.1, 0.15) is 5.52 Å². The van der Waals surface area contributed by atoms with E-state index in [0.29, 0.717) is 24.0 Å². The van der Waals surface area contributed by atoms with Crippen LogP contribution in [-0.4, -0.2) is 34.0 Å². The van der Waals surface area contributed by atoms with Crippen molar-refractivity contribution in [2.75, 3.05) is 13.1 Å². The first-order valence-electron chi connectivity index (χ1n) is 6.51. The summed E-state index contributed by atoms with van der Waals surface area (Å²) in [7, 11) is 0. The SMILES string of the molecule is NCCCNC(=O)CCn1nnc2ccccc2c1=O. The summed E-state index contributed by atoms with van der Waals surface area (Å²) in [5.74, 6) is -0.125. The molecule has 0 saturated heterocycles. The van der Waals surface area contributed by atoms with Gasteiger partial charge in [-0.3, -0.25) is 9.59 Å². The van der Waals surface area contributed by atoms with Crippen molar-refractivity contribution in [3.05, 3.63) is 34.6 Å². The third kappa shape index (κ3) is 3.39. The van der Waals surface area contributed by atoms with Gasteiger partial charge in [0.2, 0.25) is 5.91 Å². The maximum Gasteiger partial charge on any atom is 0.277 e. The van der Waals surface area contributed by atoms with Gasteiger partial charge >= 0.3 is 0 Å². The molecule has 1 aromatic heterocycles. The van der Waals surface area contributed by atoms with E-state index in [2.05, 4.69) is 15.6 Å². The molecule has 0 unspecified atom stereocenters. The Morgan fingerprint density at radius 1 is 1.35 bits per heavy atom. The summed E-state index contributed by atoms with van der Waals surface area (Å²) in [5.41, 5.74) is 5.66. The fourth-order valence-corrected chi connectivity index (χ4v) is 1.80. The number of nitrogens with one attached hydrogen (secondary N) is 1. The van der Waals surface area contributed by atoms with Crippen LogP contribution in [-0.2, 0) is 11.3 Å². The molecule has 2 aromatic rings. The van der Waals surface area contributed by atoms with Crippen molar-refractivity contribution < 1.29 is 4.79 Å². The summed E-state index contributed by atoms with van der Waals surface area (Å²) in [5, 5.41) is 11.0. The lowest BCUT2D eigenvalue weighted by Crippen LogP contribution is -2.30. The molecular weight excluding hydrogens is 258 g/mol. The number of rotatable bonds is 6. The van der Waals surface area contributed by atoms with E-state index in [4.69, 9.17) is 5.73 Å². The maximum atomic E-state index is 12.1. The molecule has 2 rings (SSSR count). The molecule has 1 amide bonds. The molecule has 0 spiro atoms. The number of aromatic nitrogens is 3. The van der Waals surface area contributed by atoms with Gasteiger partial charge in [0.25, 0.3) is 5.56 Å². The average Bonchev–Trinajstić information content (AvgIpc) is 2.47. The zero-order valence-corrected chi connectivity index (χ0v) is 11.1. The number of nitrogens with two attached hydrogens (primary N) is 1. The Kier molecular flexibility index (Phi) is 4.78. The highest BCUT2D eigenvalue weighted by Crippen LogP contribution is 2.03. The molecule has 0 saturated carbocycles. The number of amides is 1. The lowest BCUT2D eigenvalue weighted by molar-refractivity contribution is -0.121. The average molecular weight is 275 g/mol. The predicted octanol–water partition coefficient (Wildman–Crippen LogP) is -0.353. The molecule has 0 fully saturated rings. The number of fused-ring (bicyclic) bond motifs is 1. The van der Waals surface area contributed by atoms with Crippen molar-refractivity contribution in [3.63, 3.8) is 0 Å². The molecule has 0 aliphatic rings. The zero-order chi connectivity index (χ0) is 14.4. The van der Waals surface area contributed by atoms with Crippen LogP contribution in [0.25, 0.3) is 10.9 Å². The molecule has 0 bridgehead atoms. The van der Waals surface area contributed by atoms with Crippen molar-refractivity contribution in [1.29, 1.82) is 0 Å². The monoisotopic (exact) mass is 275 g/mol. The topological polar surface area (TPSA) is 103 Å². The normalized spacial score (nSPS) is 10.7. The lowest BCUT2D eigenvalue weighted by Gasteiger charge is -2.06. The number of hydrogen-bond donors (Lipinski definition) is 2. The Balaban J connectivity index is 2.02. The number of benzene rings is 1. The molecular formula is C13H17N5O2. The van der Waals surface area contributed by atoms with E-state index in [1.807, 2.05) is 0 Å². The van der Waals surface area contributed by atoms with E-state index in [1.54, 1.807) is 24.3 Å². The molecule has 0 radical (unpaired) electrons. The second kappa shape index (κ2) is 6.76. The number of carbonyl (C=O) groups excluding carboxylic acids is 1. The van der Waals surface area contributed by atoms with Crippen molar-refractivity contribution in [1.82, 2.24) is 20.3 Å².